The number of thiophene rings is 1. The quantitative estimate of drug-likeness (QED) is 0.435. The average Bonchev–Trinajstić information content (AvgIpc) is 3.43. The van der Waals surface area contributed by atoms with Gasteiger partial charge in [-0.1, -0.05) is 22.8 Å². The highest BCUT2D eigenvalue weighted by atomic mass is 35.5. The van der Waals surface area contributed by atoms with Gasteiger partial charge in [0.25, 0.3) is 0 Å². The third kappa shape index (κ3) is 6.51. The van der Waals surface area contributed by atoms with Gasteiger partial charge in [0.05, 0.1) is 30.1 Å². The molecule has 3 aromatic rings. The highest BCUT2D eigenvalue weighted by Crippen LogP contribution is 2.30. The second kappa shape index (κ2) is 10.9. The summed E-state index contributed by atoms with van der Waals surface area (Å²) >= 11 is 7.56. The van der Waals surface area contributed by atoms with E-state index in [2.05, 4.69) is 15.5 Å². The number of nitrogens with zero attached hydrogens (tertiary/aromatic N) is 3. The third-order valence-electron chi connectivity index (χ3n) is 4.48. The zero-order chi connectivity index (χ0) is 24.0. The monoisotopic (exact) mass is 494 g/mol. The fraction of sp³-hybridized carbons (Fsp3) is 0.250. The van der Waals surface area contributed by atoms with Crippen LogP contribution in [-0.4, -0.2) is 69.8 Å². The number of benzene rings is 1. The maximum absolute atomic E-state index is 12.3. The van der Waals surface area contributed by atoms with Crippen molar-refractivity contribution in [3.63, 3.8) is 0 Å². The van der Waals surface area contributed by atoms with Gasteiger partial charge in [0.1, 0.15) is 5.75 Å². The molecule has 174 valence electrons. The Morgan fingerprint density at radius 3 is 2.61 bits per heavy atom. The van der Waals surface area contributed by atoms with Crippen LogP contribution in [0.4, 0.5) is 5.69 Å². The van der Waals surface area contributed by atoms with Crippen molar-refractivity contribution in [2.45, 2.75) is 5.92 Å². The van der Waals surface area contributed by atoms with Crippen LogP contribution in [0.2, 0.25) is 5.02 Å². The Morgan fingerprint density at radius 1 is 1.27 bits per heavy atom. The largest absolute Gasteiger partial charge is 0.495 e. The van der Waals surface area contributed by atoms with Crippen LogP contribution in [0.25, 0.3) is 10.7 Å². The van der Waals surface area contributed by atoms with Crippen molar-refractivity contribution in [2.24, 2.45) is 0 Å². The molecular formula is C20H19ClN4O7S. The number of carboxylic acid groups (broad SMARTS) is 2. The highest BCUT2D eigenvalue weighted by molar-refractivity contribution is 7.13. The number of amides is 1. The first-order valence-corrected chi connectivity index (χ1v) is 10.7. The lowest BCUT2D eigenvalue weighted by Crippen LogP contribution is -2.48. The number of anilines is 1. The third-order valence-corrected chi connectivity index (χ3v) is 5.58. The van der Waals surface area contributed by atoms with Crippen LogP contribution in [-0.2, 0) is 14.4 Å². The standard InChI is InChI=1S/C18H17ClN4O3S.C2H2O4/c1-25-14-5-4-12(19)7-13(14)20-16(24)10-23-8-11(9-23)18-21-17(22-26-18)15-3-2-6-27-15;3-1(4)2(5)6/h2-7,11H,8-10H2,1H3,(H,20,24);(H,3,4)(H,5,6). The lowest BCUT2D eigenvalue weighted by atomic mass is 10.0. The maximum atomic E-state index is 12.3. The van der Waals surface area contributed by atoms with E-state index >= 15 is 0 Å². The molecule has 0 aliphatic carbocycles. The second-order valence-corrected chi connectivity index (χ2v) is 8.21. The van der Waals surface area contributed by atoms with E-state index in [9.17, 15) is 4.79 Å². The maximum Gasteiger partial charge on any atom is 0.414 e. The van der Waals surface area contributed by atoms with Gasteiger partial charge in [0.2, 0.25) is 17.6 Å². The summed E-state index contributed by atoms with van der Waals surface area (Å²) in [6, 6.07) is 9.01. The van der Waals surface area contributed by atoms with Crippen LogP contribution in [0.5, 0.6) is 5.75 Å². The first-order chi connectivity index (χ1) is 15.8. The summed E-state index contributed by atoms with van der Waals surface area (Å²) in [6.07, 6.45) is 0. The van der Waals surface area contributed by atoms with Crippen LogP contribution < -0.4 is 10.1 Å². The summed E-state index contributed by atoms with van der Waals surface area (Å²) in [5.74, 6) is -1.82. The Hall–Kier alpha value is -3.48. The van der Waals surface area contributed by atoms with Gasteiger partial charge in [-0.15, -0.1) is 11.3 Å². The number of methoxy groups -OCH3 is 1. The number of rotatable bonds is 6. The Bertz CT molecular complexity index is 1120. The predicted octanol–water partition coefficient (Wildman–Crippen LogP) is 2.65. The van der Waals surface area contributed by atoms with Gasteiger partial charge in [0.15, 0.2) is 0 Å². The van der Waals surface area contributed by atoms with Crippen LogP contribution >= 0.6 is 22.9 Å². The fourth-order valence-corrected chi connectivity index (χ4v) is 3.75. The van der Waals surface area contributed by atoms with Gasteiger partial charge in [-0.3, -0.25) is 9.69 Å². The van der Waals surface area contributed by atoms with Gasteiger partial charge in [-0.05, 0) is 29.6 Å². The minimum atomic E-state index is -1.82. The number of aliphatic carboxylic acids is 2. The molecule has 0 atom stereocenters. The van der Waals surface area contributed by atoms with E-state index in [1.54, 1.807) is 36.6 Å². The van der Waals surface area contributed by atoms with Crippen molar-refractivity contribution in [1.82, 2.24) is 15.0 Å². The van der Waals surface area contributed by atoms with Crippen LogP contribution in [0.3, 0.4) is 0 Å². The molecule has 4 rings (SSSR count). The second-order valence-electron chi connectivity index (χ2n) is 6.83. The van der Waals surface area contributed by atoms with Gasteiger partial charge < -0.3 is 24.8 Å². The molecule has 0 saturated carbocycles. The zero-order valence-electron chi connectivity index (χ0n) is 17.2. The summed E-state index contributed by atoms with van der Waals surface area (Å²) in [7, 11) is 1.55. The van der Waals surface area contributed by atoms with Crippen molar-refractivity contribution in [1.29, 1.82) is 0 Å². The van der Waals surface area contributed by atoms with E-state index in [0.29, 0.717) is 41.3 Å². The normalized spacial score (nSPS) is 13.4. The predicted molar refractivity (Wildman–Crippen MR) is 119 cm³/mol. The number of likely N-dealkylation sites (tertiary alicyclic amines) is 1. The molecule has 0 bridgehead atoms. The van der Waals surface area contributed by atoms with Crippen molar-refractivity contribution >= 4 is 46.5 Å². The highest BCUT2D eigenvalue weighted by Gasteiger charge is 2.33. The van der Waals surface area contributed by atoms with Crippen LogP contribution in [0.15, 0.2) is 40.2 Å². The number of halogens is 1. The van der Waals surface area contributed by atoms with Crippen molar-refractivity contribution in [3.05, 3.63) is 46.6 Å². The molecule has 33 heavy (non-hydrogen) atoms. The van der Waals surface area contributed by atoms with Crippen molar-refractivity contribution in [2.75, 3.05) is 32.1 Å². The van der Waals surface area contributed by atoms with E-state index in [-0.39, 0.29) is 18.4 Å². The first-order valence-electron chi connectivity index (χ1n) is 9.46. The number of ether oxygens (including phenoxy) is 1. The lowest BCUT2D eigenvalue weighted by molar-refractivity contribution is -0.159. The molecule has 0 spiro atoms. The molecule has 0 unspecified atom stereocenters. The molecule has 2 aromatic heterocycles. The molecule has 3 N–H and O–H groups in total. The van der Waals surface area contributed by atoms with Gasteiger partial charge in [-0.2, -0.15) is 4.98 Å². The molecule has 1 aliphatic rings. The smallest absolute Gasteiger partial charge is 0.414 e. The molecule has 1 saturated heterocycles. The summed E-state index contributed by atoms with van der Waals surface area (Å²) in [4.78, 5) is 38.0. The molecule has 13 heteroatoms. The Morgan fingerprint density at radius 2 is 2.00 bits per heavy atom. The van der Waals surface area contributed by atoms with E-state index < -0.39 is 11.9 Å². The summed E-state index contributed by atoms with van der Waals surface area (Å²) in [5.41, 5.74) is 0.560. The number of carbonyl (C=O) groups excluding carboxylic acids is 1. The summed E-state index contributed by atoms with van der Waals surface area (Å²) in [6.45, 7) is 1.68. The SMILES string of the molecule is COc1ccc(Cl)cc1NC(=O)CN1CC(c2nc(-c3cccs3)no2)C1.O=C(O)C(=O)O. The van der Waals surface area contributed by atoms with Crippen LogP contribution in [0.1, 0.15) is 11.8 Å². The Kier molecular flexibility index (Phi) is 7.98. The topological polar surface area (TPSA) is 155 Å². The van der Waals surface area contributed by atoms with E-state index in [0.717, 1.165) is 4.88 Å². The molecular weight excluding hydrogens is 476 g/mol. The average molecular weight is 495 g/mol. The fourth-order valence-electron chi connectivity index (χ4n) is 2.93. The molecule has 1 aromatic carbocycles. The number of hydrogen-bond donors (Lipinski definition) is 3. The number of nitrogens with one attached hydrogen (secondary N) is 1. The molecule has 1 fully saturated rings. The molecule has 1 amide bonds. The van der Waals surface area contributed by atoms with E-state index in [1.165, 1.54) is 0 Å². The first kappa shape index (κ1) is 24.2. The Balaban J connectivity index is 0.000000454. The summed E-state index contributed by atoms with van der Waals surface area (Å²) < 4.78 is 10.6. The number of carboxylic acids is 2. The van der Waals surface area contributed by atoms with E-state index in [4.69, 9.17) is 40.7 Å². The van der Waals surface area contributed by atoms with Crippen molar-refractivity contribution < 1.29 is 33.9 Å². The number of aromatic nitrogens is 2. The van der Waals surface area contributed by atoms with Crippen LogP contribution in [0, 0.1) is 0 Å². The minimum Gasteiger partial charge on any atom is -0.495 e. The van der Waals surface area contributed by atoms with Gasteiger partial charge in [0, 0.05) is 18.1 Å². The molecule has 0 radical (unpaired) electrons. The molecule has 3 heterocycles. The van der Waals surface area contributed by atoms with E-state index in [1.807, 2.05) is 22.4 Å². The molecule has 1 aliphatic heterocycles. The van der Waals surface area contributed by atoms with Crippen molar-refractivity contribution in [3.8, 4) is 16.5 Å². The lowest BCUT2D eigenvalue weighted by Gasteiger charge is -2.36. The minimum absolute atomic E-state index is 0.126. The summed E-state index contributed by atoms with van der Waals surface area (Å²) in [5, 5.41) is 24.2. The Labute approximate surface area is 196 Å². The van der Waals surface area contributed by atoms with Gasteiger partial charge >= 0.3 is 11.9 Å². The molecule has 11 nitrogen and oxygen atoms in total. The number of carbonyl (C=O) groups is 3. The van der Waals surface area contributed by atoms with Gasteiger partial charge in [-0.25, -0.2) is 9.59 Å². The number of hydrogen-bond acceptors (Lipinski definition) is 9. The zero-order valence-corrected chi connectivity index (χ0v) is 18.8.